The molecule has 0 aliphatic rings. The number of nitriles is 1. The first-order valence-corrected chi connectivity index (χ1v) is 8.01. The van der Waals surface area contributed by atoms with E-state index in [1.54, 1.807) is 6.07 Å². The summed E-state index contributed by atoms with van der Waals surface area (Å²) in [5.74, 6) is -0.562. The number of aromatic carboxylic acids is 1. The number of carbonyl (C=O) groups is 1. The molecule has 0 radical (unpaired) electrons. The summed E-state index contributed by atoms with van der Waals surface area (Å²) in [7, 11) is 0. The molecule has 7 heteroatoms. The van der Waals surface area contributed by atoms with Crippen LogP contribution in [0, 0.1) is 11.3 Å². The molecule has 0 amide bonds. The van der Waals surface area contributed by atoms with Gasteiger partial charge >= 0.3 is 12.1 Å². The van der Waals surface area contributed by atoms with Gasteiger partial charge in [0.2, 0.25) is 0 Å². The first-order valence-electron chi connectivity index (χ1n) is 8.01. The van der Waals surface area contributed by atoms with Gasteiger partial charge in [0.15, 0.2) is 0 Å². The van der Waals surface area contributed by atoms with Gasteiger partial charge in [0.25, 0.3) is 0 Å². The van der Waals surface area contributed by atoms with E-state index in [0.29, 0.717) is 5.56 Å². The molecular formula is C21H12F3NO3. The third kappa shape index (κ3) is 4.13. The van der Waals surface area contributed by atoms with Crippen molar-refractivity contribution in [3.05, 3.63) is 83.1 Å². The molecule has 2 aromatic carbocycles. The van der Waals surface area contributed by atoms with Crippen molar-refractivity contribution in [2.75, 3.05) is 0 Å². The van der Waals surface area contributed by atoms with Gasteiger partial charge in [0, 0.05) is 5.56 Å². The highest BCUT2D eigenvalue weighted by Gasteiger charge is 2.30. The lowest BCUT2D eigenvalue weighted by Crippen LogP contribution is -2.04. The quantitative estimate of drug-likeness (QED) is 0.584. The van der Waals surface area contributed by atoms with Crippen LogP contribution >= 0.6 is 0 Å². The smallest absolute Gasteiger partial charge is 0.416 e. The zero-order chi connectivity index (χ0) is 20.3. The van der Waals surface area contributed by atoms with Gasteiger partial charge in [0.1, 0.15) is 11.5 Å². The van der Waals surface area contributed by atoms with Gasteiger partial charge in [-0.05, 0) is 48.0 Å². The van der Waals surface area contributed by atoms with E-state index in [2.05, 4.69) is 0 Å². The molecule has 0 fully saturated rings. The summed E-state index contributed by atoms with van der Waals surface area (Å²) in [4.78, 5) is 10.9. The zero-order valence-electron chi connectivity index (χ0n) is 14.2. The van der Waals surface area contributed by atoms with Crippen LogP contribution in [0.15, 0.2) is 65.1 Å². The molecule has 3 rings (SSSR count). The van der Waals surface area contributed by atoms with E-state index in [1.165, 1.54) is 48.5 Å². The van der Waals surface area contributed by atoms with Crippen LogP contribution in [0.1, 0.15) is 27.2 Å². The minimum atomic E-state index is -4.46. The van der Waals surface area contributed by atoms with Crippen molar-refractivity contribution in [2.45, 2.75) is 6.18 Å². The second-order valence-corrected chi connectivity index (χ2v) is 5.83. The summed E-state index contributed by atoms with van der Waals surface area (Å²) in [5.41, 5.74) is 0.283. The Kier molecular flexibility index (Phi) is 5.05. The van der Waals surface area contributed by atoms with E-state index in [4.69, 9.17) is 9.52 Å². The van der Waals surface area contributed by atoms with Crippen molar-refractivity contribution in [2.24, 2.45) is 0 Å². The van der Waals surface area contributed by atoms with Crippen LogP contribution in [0.5, 0.6) is 0 Å². The Balaban J connectivity index is 1.91. The summed E-state index contributed by atoms with van der Waals surface area (Å²) in [5, 5.41) is 18.3. The van der Waals surface area contributed by atoms with Gasteiger partial charge in [-0.2, -0.15) is 18.4 Å². The average Bonchev–Trinajstić information content (AvgIpc) is 3.14. The number of halogens is 3. The Morgan fingerprint density at radius 1 is 1.04 bits per heavy atom. The Hall–Kier alpha value is -3.79. The van der Waals surface area contributed by atoms with Crippen LogP contribution in [0.2, 0.25) is 0 Å². The number of carboxylic acids is 1. The molecule has 0 bridgehead atoms. The highest BCUT2D eigenvalue weighted by Crippen LogP contribution is 2.33. The van der Waals surface area contributed by atoms with Crippen LogP contribution in [-0.2, 0) is 6.18 Å². The Bertz CT molecular complexity index is 1090. The maximum Gasteiger partial charge on any atom is 0.416 e. The molecule has 0 atom stereocenters. The standard InChI is InChI=1S/C21H12F3NO3/c22-21(23,24)17-3-1-2-15(10-17)19-9-8-18(28-19)11-16(12-25)13-4-6-14(7-5-13)20(26)27/h1-11H,(H,26,27)/b16-11+. The van der Waals surface area contributed by atoms with Gasteiger partial charge in [0.05, 0.1) is 22.8 Å². The van der Waals surface area contributed by atoms with Gasteiger partial charge in [-0.3, -0.25) is 0 Å². The fourth-order valence-corrected chi connectivity index (χ4v) is 2.55. The molecule has 3 aromatic rings. The maximum absolute atomic E-state index is 12.9. The minimum absolute atomic E-state index is 0.0888. The third-order valence-corrected chi connectivity index (χ3v) is 3.95. The van der Waals surface area contributed by atoms with E-state index in [0.717, 1.165) is 12.1 Å². The molecule has 0 spiro atoms. The van der Waals surface area contributed by atoms with Crippen molar-refractivity contribution >= 4 is 17.6 Å². The fraction of sp³-hybridized carbons (Fsp3) is 0.0476. The van der Waals surface area contributed by atoms with Crippen molar-refractivity contribution in [1.29, 1.82) is 5.26 Å². The summed E-state index contributed by atoms with van der Waals surface area (Å²) in [6.07, 6.45) is -3.02. The molecular weight excluding hydrogens is 371 g/mol. The lowest BCUT2D eigenvalue weighted by atomic mass is 10.0. The number of nitrogens with zero attached hydrogens (tertiary/aromatic N) is 1. The van der Waals surface area contributed by atoms with Gasteiger partial charge in [-0.1, -0.05) is 24.3 Å². The van der Waals surface area contributed by atoms with Crippen molar-refractivity contribution in [3.8, 4) is 17.4 Å². The van der Waals surface area contributed by atoms with E-state index < -0.39 is 17.7 Å². The molecule has 1 aromatic heterocycles. The number of hydrogen-bond donors (Lipinski definition) is 1. The first kappa shape index (κ1) is 19.0. The molecule has 28 heavy (non-hydrogen) atoms. The van der Waals surface area contributed by atoms with E-state index in [9.17, 15) is 23.2 Å². The predicted octanol–water partition coefficient (Wildman–Crippen LogP) is 5.73. The number of allylic oxidation sites excluding steroid dienone is 1. The number of rotatable bonds is 4. The second kappa shape index (κ2) is 7.45. The van der Waals surface area contributed by atoms with E-state index in [1.807, 2.05) is 6.07 Å². The highest BCUT2D eigenvalue weighted by molar-refractivity contribution is 5.91. The van der Waals surface area contributed by atoms with Crippen LogP contribution in [0.4, 0.5) is 13.2 Å². The first-order chi connectivity index (χ1) is 13.3. The lowest BCUT2D eigenvalue weighted by molar-refractivity contribution is -0.137. The molecule has 4 nitrogen and oxygen atoms in total. The molecule has 0 aliphatic heterocycles. The van der Waals surface area contributed by atoms with Crippen LogP contribution in [0.25, 0.3) is 23.0 Å². The molecule has 0 unspecified atom stereocenters. The number of carboxylic acid groups (broad SMARTS) is 1. The molecule has 0 saturated heterocycles. The maximum atomic E-state index is 12.9. The lowest BCUT2D eigenvalue weighted by Gasteiger charge is -2.07. The normalized spacial score (nSPS) is 11.9. The number of furan rings is 1. The van der Waals surface area contributed by atoms with Crippen molar-refractivity contribution < 1.29 is 27.5 Å². The summed E-state index contributed by atoms with van der Waals surface area (Å²) in [6, 6.07) is 15.5. The van der Waals surface area contributed by atoms with E-state index in [-0.39, 0.29) is 28.2 Å². The minimum Gasteiger partial charge on any atom is -0.478 e. The largest absolute Gasteiger partial charge is 0.478 e. The third-order valence-electron chi connectivity index (χ3n) is 3.95. The summed E-state index contributed by atoms with van der Waals surface area (Å²) in [6.45, 7) is 0. The molecule has 140 valence electrons. The zero-order valence-corrected chi connectivity index (χ0v) is 14.2. The van der Waals surface area contributed by atoms with Crippen LogP contribution < -0.4 is 0 Å². The highest BCUT2D eigenvalue weighted by atomic mass is 19.4. The average molecular weight is 383 g/mol. The van der Waals surface area contributed by atoms with Crippen LogP contribution in [0.3, 0.4) is 0 Å². The monoisotopic (exact) mass is 383 g/mol. The summed E-state index contributed by atoms with van der Waals surface area (Å²) >= 11 is 0. The Morgan fingerprint density at radius 2 is 1.71 bits per heavy atom. The number of hydrogen-bond acceptors (Lipinski definition) is 3. The summed E-state index contributed by atoms with van der Waals surface area (Å²) < 4.78 is 44.1. The molecule has 0 aliphatic carbocycles. The van der Waals surface area contributed by atoms with E-state index >= 15 is 0 Å². The molecule has 0 saturated carbocycles. The number of alkyl halides is 3. The van der Waals surface area contributed by atoms with Gasteiger partial charge < -0.3 is 9.52 Å². The molecule has 1 heterocycles. The number of benzene rings is 2. The van der Waals surface area contributed by atoms with Crippen LogP contribution in [-0.4, -0.2) is 11.1 Å². The SMILES string of the molecule is N#C/C(=C\c1ccc(-c2cccc(C(F)(F)F)c2)o1)c1ccc(C(=O)O)cc1. The predicted molar refractivity (Wildman–Crippen MR) is 96.0 cm³/mol. The van der Waals surface area contributed by atoms with Gasteiger partial charge in [-0.25, -0.2) is 4.79 Å². The van der Waals surface area contributed by atoms with Gasteiger partial charge in [-0.15, -0.1) is 0 Å². The second-order valence-electron chi connectivity index (χ2n) is 5.83. The molecule has 1 N–H and O–H groups in total. The fourth-order valence-electron chi connectivity index (χ4n) is 2.55. The Morgan fingerprint density at radius 3 is 2.32 bits per heavy atom. The Labute approximate surface area is 157 Å². The topological polar surface area (TPSA) is 74.2 Å². The van der Waals surface area contributed by atoms with Crippen molar-refractivity contribution in [3.63, 3.8) is 0 Å². The van der Waals surface area contributed by atoms with Crippen molar-refractivity contribution in [1.82, 2.24) is 0 Å².